The van der Waals surface area contributed by atoms with E-state index in [2.05, 4.69) is 30.7 Å². The van der Waals surface area contributed by atoms with Gasteiger partial charge in [0.15, 0.2) is 5.82 Å². The molecule has 3 nitrogen and oxygen atoms in total. The molecule has 1 aliphatic rings. The third-order valence-corrected chi connectivity index (χ3v) is 2.45. The zero-order chi connectivity index (χ0) is 9.42. The summed E-state index contributed by atoms with van der Waals surface area (Å²) in [6, 6.07) is 0.369. The standard InChI is InChI=1S/C10H15N3/c1-7(2)13-10(11-3)9(6-12-13)8-4-5-8/h6-8H,3-5H2,1-2H3. The van der Waals surface area contributed by atoms with Crippen LogP contribution in [0.5, 0.6) is 0 Å². The highest BCUT2D eigenvalue weighted by Gasteiger charge is 2.28. The molecule has 1 aromatic rings. The van der Waals surface area contributed by atoms with E-state index in [4.69, 9.17) is 0 Å². The highest BCUT2D eigenvalue weighted by molar-refractivity contribution is 5.48. The van der Waals surface area contributed by atoms with Crippen LogP contribution >= 0.6 is 0 Å². The fourth-order valence-electron chi connectivity index (χ4n) is 1.59. The lowest BCUT2D eigenvalue weighted by Gasteiger charge is -2.07. The average molecular weight is 177 g/mol. The minimum atomic E-state index is 0.369. The monoisotopic (exact) mass is 177 g/mol. The van der Waals surface area contributed by atoms with Gasteiger partial charge in [0.05, 0.1) is 6.20 Å². The van der Waals surface area contributed by atoms with E-state index in [1.807, 2.05) is 10.9 Å². The average Bonchev–Trinajstić information content (AvgIpc) is 2.84. The highest BCUT2D eigenvalue weighted by atomic mass is 15.3. The van der Waals surface area contributed by atoms with Crippen LogP contribution in [0.15, 0.2) is 11.2 Å². The third-order valence-electron chi connectivity index (χ3n) is 2.45. The topological polar surface area (TPSA) is 30.2 Å². The Morgan fingerprint density at radius 1 is 1.62 bits per heavy atom. The molecule has 0 saturated heterocycles. The molecule has 3 heteroatoms. The molecule has 70 valence electrons. The fraction of sp³-hybridized carbons (Fsp3) is 0.600. The second-order valence-electron chi connectivity index (χ2n) is 3.89. The van der Waals surface area contributed by atoms with Crippen LogP contribution in [0, 0.1) is 0 Å². The second-order valence-corrected chi connectivity index (χ2v) is 3.89. The Labute approximate surface area is 78.5 Å². The summed E-state index contributed by atoms with van der Waals surface area (Å²) < 4.78 is 1.95. The zero-order valence-corrected chi connectivity index (χ0v) is 8.20. The Balaban J connectivity index is 2.41. The Hall–Kier alpha value is -1.12. The van der Waals surface area contributed by atoms with Crippen LogP contribution in [0.2, 0.25) is 0 Å². The van der Waals surface area contributed by atoms with Crippen molar-refractivity contribution in [2.75, 3.05) is 0 Å². The maximum Gasteiger partial charge on any atom is 0.153 e. The van der Waals surface area contributed by atoms with Gasteiger partial charge in [-0.2, -0.15) is 5.10 Å². The predicted octanol–water partition coefficient (Wildman–Crippen LogP) is 2.67. The molecule has 1 saturated carbocycles. The predicted molar refractivity (Wildman–Crippen MR) is 53.8 cm³/mol. The molecule has 0 aliphatic heterocycles. The summed E-state index contributed by atoms with van der Waals surface area (Å²) in [6.45, 7) is 7.83. The van der Waals surface area contributed by atoms with Crippen molar-refractivity contribution in [2.24, 2.45) is 4.99 Å². The van der Waals surface area contributed by atoms with Crippen LogP contribution < -0.4 is 0 Å². The first-order valence-corrected chi connectivity index (χ1v) is 4.78. The lowest BCUT2D eigenvalue weighted by molar-refractivity contribution is 0.537. The molecule has 0 aromatic carbocycles. The number of rotatable bonds is 3. The molecule has 0 amide bonds. The highest BCUT2D eigenvalue weighted by Crippen LogP contribution is 2.44. The van der Waals surface area contributed by atoms with Crippen LogP contribution in [0.1, 0.15) is 44.2 Å². The van der Waals surface area contributed by atoms with Crippen LogP contribution in [0.4, 0.5) is 5.82 Å². The number of hydrogen-bond acceptors (Lipinski definition) is 2. The molecule has 0 atom stereocenters. The van der Waals surface area contributed by atoms with E-state index in [0.29, 0.717) is 12.0 Å². The SMILES string of the molecule is C=Nc1c(C2CC2)cnn1C(C)C. The van der Waals surface area contributed by atoms with Gasteiger partial charge in [0.2, 0.25) is 0 Å². The van der Waals surface area contributed by atoms with E-state index in [1.54, 1.807) is 0 Å². The van der Waals surface area contributed by atoms with Gasteiger partial charge in [-0.05, 0) is 39.3 Å². The number of hydrogen-bond donors (Lipinski definition) is 0. The Morgan fingerprint density at radius 3 is 2.77 bits per heavy atom. The summed E-state index contributed by atoms with van der Waals surface area (Å²) in [4.78, 5) is 4.06. The van der Waals surface area contributed by atoms with Gasteiger partial charge in [-0.1, -0.05) is 0 Å². The van der Waals surface area contributed by atoms with E-state index in [-0.39, 0.29) is 0 Å². The first-order valence-electron chi connectivity index (χ1n) is 4.78. The zero-order valence-electron chi connectivity index (χ0n) is 8.20. The Bertz CT molecular complexity index is 301. The van der Waals surface area contributed by atoms with Crippen LogP contribution in [0.25, 0.3) is 0 Å². The lowest BCUT2D eigenvalue weighted by Crippen LogP contribution is -2.01. The van der Waals surface area contributed by atoms with Crippen LogP contribution in [-0.4, -0.2) is 16.5 Å². The van der Waals surface area contributed by atoms with Crippen molar-refractivity contribution in [3.63, 3.8) is 0 Å². The second kappa shape index (κ2) is 2.98. The quantitative estimate of drug-likeness (QED) is 0.653. The van der Waals surface area contributed by atoms with Crippen molar-refractivity contribution in [1.29, 1.82) is 0 Å². The van der Waals surface area contributed by atoms with Gasteiger partial charge in [-0.3, -0.25) is 0 Å². The minimum absolute atomic E-state index is 0.369. The third kappa shape index (κ3) is 1.39. The molecule has 1 fully saturated rings. The first-order chi connectivity index (χ1) is 6.24. The van der Waals surface area contributed by atoms with Gasteiger partial charge in [-0.15, -0.1) is 0 Å². The molecule has 0 unspecified atom stereocenters. The smallest absolute Gasteiger partial charge is 0.153 e. The molecule has 0 radical (unpaired) electrons. The van der Waals surface area contributed by atoms with Gasteiger partial charge in [0, 0.05) is 11.6 Å². The molecule has 1 heterocycles. The minimum Gasteiger partial charge on any atom is -0.245 e. The number of nitrogens with zero attached hydrogens (tertiary/aromatic N) is 3. The van der Waals surface area contributed by atoms with Gasteiger partial charge >= 0.3 is 0 Å². The first kappa shape index (κ1) is 8.48. The van der Waals surface area contributed by atoms with E-state index in [0.717, 1.165) is 5.82 Å². The molecule has 0 N–H and O–H groups in total. The van der Waals surface area contributed by atoms with Gasteiger partial charge < -0.3 is 0 Å². The molecule has 1 aliphatic carbocycles. The van der Waals surface area contributed by atoms with Crippen molar-refractivity contribution in [3.05, 3.63) is 11.8 Å². The van der Waals surface area contributed by atoms with E-state index in [9.17, 15) is 0 Å². The van der Waals surface area contributed by atoms with Gasteiger partial charge in [-0.25, -0.2) is 9.67 Å². The molecule has 0 spiro atoms. The van der Waals surface area contributed by atoms with E-state index in [1.165, 1.54) is 18.4 Å². The maximum atomic E-state index is 4.33. The lowest BCUT2D eigenvalue weighted by atomic mass is 10.2. The van der Waals surface area contributed by atoms with Crippen molar-refractivity contribution in [2.45, 2.75) is 38.6 Å². The Kier molecular flexibility index (Phi) is 1.94. The van der Waals surface area contributed by atoms with Gasteiger partial charge in [0.25, 0.3) is 0 Å². The molecule has 0 bridgehead atoms. The van der Waals surface area contributed by atoms with Crippen molar-refractivity contribution >= 4 is 12.5 Å². The maximum absolute atomic E-state index is 4.33. The fourth-order valence-corrected chi connectivity index (χ4v) is 1.59. The summed E-state index contributed by atoms with van der Waals surface area (Å²) in [5, 5.41) is 4.33. The van der Waals surface area contributed by atoms with Gasteiger partial charge in [0.1, 0.15) is 0 Å². The summed E-state index contributed by atoms with van der Waals surface area (Å²) in [7, 11) is 0. The van der Waals surface area contributed by atoms with Crippen molar-refractivity contribution < 1.29 is 0 Å². The summed E-state index contributed by atoms with van der Waals surface area (Å²) >= 11 is 0. The van der Waals surface area contributed by atoms with E-state index < -0.39 is 0 Å². The normalized spacial score (nSPS) is 16.5. The molecular formula is C10H15N3. The summed E-state index contributed by atoms with van der Waals surface area (Å²) in [6.07, 6.45) is 4.51. The molecule has 1 aromatic heterocycles. The molecular weight excluding hydrogens is 162 g/mol. The van der Waals surface area contributed by atoms with Crippen molar-refractivity contribution in [3.8, 4) is 0 Å². The summed E-state index contributed by atoms with van der Waals surface area (Å²) in [5.74, 6) is 1.67. The van der Waals surface area contributed by atoms with E-state index >= 15 is 0 Å². The van der Waals surface area contributed by atoms with Crippen molar-refractivity contribution in [1.82, 2.24) is 9.78 Å². The number of aromatic nitrogens is 2. The summed E-state index contributed by atoms with van der Waals surface area (Å²) in [5.41, 5.74) is 1.28. The Morgan fingerprint density at radius 2 is 2.31 bits per heavy atom. The van der Waals surface area contributed by atoms with Crippen LogP contribution in [0.3, 0.4) is 0 Å². The largest absolute Gasteiger partial charge is 0.245 e. The van der Waals surface area contributed by atoms with Crippen LogP contribution in [-0.2, 0) is 0 Å². The molecule has 13 heavy (non-hydrogen) atoms. The molecule has 2 rings (SSSR count). The number of aliphatic imine (C=N–C) groups is 1.